The largest absolute Gasteiger partial charge is 0.465 e. The van der Waals surface area contributed by atoms with Crippen LogP contribution in [0.5, 0.6) is 0 Å². The van der Waals surface area contributed by atoms with Gasteiger partial charge in [0, 0.05) is 25.1 Å². The number of nitrogens with two attached hydrogens (primary N) is 1. The van der Waals surface area contributed by atoms with Crippen molar-refractivity contribution in [1.29, 1.82) is 0 Å². The van der Waals surface area contributed by atoms with Gasteiger partial charge in [0.05, 0.1) is 0 Å². The van der Waals surface area contributed by atoms with Crippen LogP contribution in [0.2, 0.25) is 0 Å². The Morgan fingerprint density at radius 3 is 2.75 bits per heavy atom. The number of H-pyrrole nitrogens is 1. The third-order valence-corrected chi connectivity index (χ3v) is 4.57. The van der Waals surface area contributed by atoms with E-state index in [4.69, 9.17) is 10.2 Å². The number of nitrogens with one attached hydrogen (secondary N) is 2. The second-order valence-electron chi connectivity index (χ2n) is 4.31. The van der Waals surface area contributed by atoms with Gasteiger partial charge in [-0.3, -0.25) is 5.10 Å². The monoisotopic (exact) mass is 299 g/mol. The average molecular weight is 299 g/mol. The lowest BCUT2D eigenvalue weighted by Gasteiger charge is -2.06. The predicted octanol–water partition coefficient (Wildman–Crippen LogP) is -0.00576. The number of aryl methyl sites for hydroxylation is 2. The van der Waals surface area contributed by atoms with Crippen LogP contribution in [-0.4, -0.2) is 30.1 Å². The molecule has 0 aromatic carbocycles. The van der Waals surface area contributed by atoms with E-state index in [1.807, 2.05) is 0 Å². The number of aromatic amines is 1. The fraction of sp³-hybridized carbons (Fsp3) is 0.455. The Labute approximate surface area is 116 Å². The summed E-state index contributed by atoms with van der Waals surface area (Å²) in [5.74, 6) is 1.49. The molecule has 2 rings (SSSR count). The Bertz CT molecular complexity index is 675. The van der Waals surface area contributed by atoms with Crippen molar-refractivity contribution in [2.24, 2.45) is 5.73 Å². The lowest BCUT2D eigenvalue weighted by molar-refractivity contribution is 0.494. The van der Waals surface area contributed by atoms with E-state index in [-0.39, 0.29) is 18.0 Å². The van der Waals surface area contributed by atoms with E-state index >= 15 is 0 Å². The van der Waals surface area contributed by atoms with Crippen LogP contribution in [0.25, 0.3) is 0 Å². The molecule has 110 valence electrons. The average Bonchev–Trinajstić information content (AvgIpc) is 2.96. The smallest absolute Gasteiger partial charge is 0.244 e. The van der Waals surface area contributed by atoms with Crippen molar-refractivity contribution in [3.8, 4) is 0 Å². The fourth-order valence-corrected chi connectivity index (χ4v) is 3.51. The van der Waals surface area contributed by atoms with Crippen LogP contribution in [-0.2, 0) is 23.0 Å². The number of hydrogen-bond acceptors (Lipinski definition) is 6. The molecule has 0 bridgehead atoms. The predicted molar refractivity (Wildman–Crippen MR) is 71.3 cm³/mol. The summed E-state index contributed by atoms with van der Waals surface area (Å²) in [6.07, 6.45) is 1.80. The summed E-state index contributed by atoms with van der Waals surface area (Å²) in [6, 6.07) is 0. The van der Waals surface area contributed by atoms with Crippen molar-refractivity contribution < 1.29 is 12.8 Å². The summed E-state index contributed by atoms with van der Waals surface area (Å²) in [4.78, 5) is 4.06. The Hall–Kier alpha value is -1.71. The molecule has 0 saturated heterocycles. The molecule has 2 aromatic heterocycles. The Morgan fingerprint density at radius 1 is 1.40 bits per heavy atom. The molecule has 0 aliphatic rings. The molecule has 0 fully saturated rings. The molecular weight excluding hydrogens is 282 g/mol. The molecule has 0 atom stereocenters. The zero-order chi connectivity index (χ0) is 14.8. The van der Waals surface area contributed by atoms with E-state index in [2.05, 4.69) is 19.9 Å². The second kappa shape index (κ2) is 5.73. The highest BCUT2D eigenvalue weighted by molar-refractivity contribution is 7.89. The molecule has 4 N–H and O–H groups in total. The van der Waals surface area contributed by atoms with Crippen molar-refractivity contribution in [2.75, 3.05) is 6.54 Å². The molecule has 2 aromatic rings. The van der Waals surface area contributed by atoms with Gasteiger partial charge in [-0.2, -0.15) is 5.10 Å². The normalized spacial score (nSPS) is 11.9. The van der Waals surface area contributed by atoms with Crippen LogP contribution in [0.4, 0.5) is 0 Å². The van der Waals surface area contributed by atoms with Gasteiger partial charge in [-0.15, -0.1) is 0 Å². The lowest BCUT2D eigenvalue weighted by Crippen LogP contribution is -2.27. The minimum Gasteiger partial charge on any atom is -0.465 e. The van der Waals surface area contributed by atoms with E-state index in [1.54, 1.807) is 13.8 Å². The van der Waals surface area contributed by atoms with Crippen molar-refractivity contribution in [2.45, 2.75) is 31.7 Å². The molecule has 0 spiro atoms. The molecule has 0 aliphatic carbocycles. The molecule has 0 unspecified atom stereocenters. The minimum atomic E-state index is -3.65. The highest BCUT2D eigenvalue weighted by Gasteiger charge is 2.25. The van der Waals surface area contributed by atoms with Crippen LogP contribution >= 0.6 is 0 Å². The summed E-state index contributed by atoms with van der Waals surface area (Å²) in [5.41, 5.74) is 6.10. The number of aromatic nitrogens is 3. The molecular formula is C11H17N5O3S. The zero-order valence-corrected chi connectivity index (χ0v) is 12.1. The maximum atomic E-state index is 12.3. The van der Waals surface area contributed by atoms with Gasteiger partial charge in [0.25, 0.3) is 0 Å². The Kier molecular flexibility index (Phi) is 4.21. The lowest BCUT2D eigenvalue weighted by atomic mass is 10.2. The molecule has 9 heteroatoms. The Morgan fingerprint density at radius 2 is 2.15 bits per heavy atom. The van der Waals surface area contributed by atoms with Crippen LogP contribution < -0.4 is 10.5 Å². The molecule has 0 radical (unpaired) electrons. The van der Waals surface area contributed by atoms with Gasteiger partial charge in [0.1, 0.15) is 28.6 Å². The summed E-state index contributed by atoms with van der Waals surface area (Å²) in [5, 5.41) is 6.36. The first kappa shape index (κ1) is 14.7. The van der Waals surface area contributed by atoms with Crippen molar-refractivity contribution in [1.82, 2.24) is 19.9 Å². The van der Waals surface area contributed by atoms with Crippen LogP contribution in [0, 0.1) is 13.8 Å². The number of hydrogen-bond donors (Lipinski definition) is 3. The standard InChI is InChI=1S/C11H17N5O3S/c1-7-9(5-12)11(8(2)19-7)20(17,18)15-4-3-10-13-6-14-16-10/h6,15H,3-5,12H2,1-2H3,(H,13,14,16). The maximum absolute atomic E-state index is 12.3. The van der Waals surface area contributed by atoms with Gasteiger partial charge in [0.15, 0.2) is 0 Å². The van der Waals surface area contributed by atoms with E-state index in [9.17, 15) is 8.42 Å². The van der Waals surface area contributed by atoms with Gasteiger partial charge < -0.3 is 10.2 Å². The van der Waals surface area contributed by atoms with Crippen molar-refractivity contribution >= 4 is 10.0 Å². The third kappa shape index (κ3) is 2.89. The highest BCUT2D eigenvalue weighted by Crippen LogP contribution is 2.25. The van der Waals surface area contributed by atoms with Crippen molar-refractivity contribution in [3.63, 3.8) is 0 Å². The number of furan rings is 1. The summed E-state index contributed by atoms with van der Waals surface area (Å²) >= 11 is 0. The highest BCUT2D eigenvalue weighted by atomic mass is 32.2. The molecule has 8 nitrogen and oxygen atoms in total. The van der Waals surface area contributed by atoms with E-state index in [1.165, 1.54) is 6.33 Å². The second-order valence-corrected chi connectivity index (χ2v) is 6.01. The fourth-order valence-electron chi connectivity index (χ4n) is 2.03. The van der Waals surface area contributed by atoms with Gasteiger partial charge in [-0.1, -0.05) is 0 Å². The van der Waals surface area contributed by atoms with Crippen molar-refractivity contribution in [3.05, 3.63) is 29.2 Å². The first-order chi connectivity index (χ1) is 9.45. The third-order valence-electron chi connectivity index (χ3n) is 2.92. The van der Waals surface area contributed by atoms with E-state index in [0.717, 1.165) is 0 Å². The van der Waals surface area contributed by atoms with Gasteiger partial charge >= 0.3 is 0 Å². The van der Waals surface area contributed by atoms with Gasteiger partial charge in [-0.05, 0) is 13.8 Å². The summed E-state index contributed by atoms with van der Waals surface area (Å²) < 4.78 is 32.5. The summed E-state index contributed by atoms with van der Waals surface area (Å²) in [6.45, 7) is 3.63. The van der Waals surface area contributed by atoms with Crippen LogP contribution in [0.3, 0.4) is 0 Å². The molecule has 20 heavy (non-hydrogen) atoms. The SMILES string of the molecule is Cc1oc(C)c(S(=O)(=O)NCCc2ncn[nH]2)c1CN. The molecule has 0 saturated carbocycles. The quantitative estimate of drug-likeness (QED) is 0.688. The number of rotatable bonds is 6. The number of sulfonamides is 1. The van der Waals surface area contributed by atoms with E-state index in [0.29, 0.717) is 29.3 Å². The van der Waals surface area contributed by atoms with Gasteiger partial charge in [0.2, 0.25) is 10.0 Å². The first-order valence-electron chi connectivity index (χ1n) is 6.08. The molecule has 0 amide bonds. The maximum Gasteiger partial charge on any atom is 0.244 e. The topological polar surface area (TPSA) is 127 Å². The minimum absolute atomic E-state index is 0.113. The summed E-state index contributed by atoms with van der Waals surface area (Å²) in [7, 11) is -3.65. The molecule has 2 heterocycles. The van der Waals surface area contributed by atoms with Crippen LogP contribution in [0.1, 0.15) is 22.9 Å². The van der Waals surface area contributed by atoms with Gasteiger partial charge in [-0.25, -0.2) is 18.1 Å². The Balaban J connectivity index is 2.14. The molecule has 0 aliphatic heterocycles. The zero-order valence-electron chi connectivity index (χ0n) is 11.3. The van der Waals surface area contributed by atoms with Crippen LogP contribution in [0.15, 0.2) is 15.6 Å². The van der Waals surface area contributed by atoms with E-state index < -0.39 is 10.0 Å². The number of nitrogens with zero attached hydrogens (tertiary/aromatic N) is 2. The first-order valence-corrected chi connectivity index (χ1v) is 7.57.